The van der Waals surface area contributed by atoms with Gasteiger partial charge in [0.2, 0.25) is 0 Å². The average Bonchev–Trinajstić information content (AvgIpc) is 2.14. The maximum Gasteiger partial charge on any atom is 0.126 e. The van der Waals surface area contributed by atoms with Gasteiger partial charge in [-0.25, -0.2) is 0 Å². The second-order valence-corrected chi connectivity index (χ2v) is 4.21. The van der Waals surface area contributed by atoms with Gasteiger partial charge in [-0.05, 0) is 12.1 Å². The Labute approximate surface area is 96.3 Å². The molecule has 1 aromatic rings. The molecule has 0 radical (unpaired) electrons. The van der Waals surface area contributed by atoms with E-state index in [0.717, 1.165) is 4.48 Å². The van der Waals surface area contributed by atoms with Crippen molar-refractivity contribution in [1.82, 2.24) is 0 Å². The van der Waals surface area contributed by atoms with Crippen molar-refractivity contribution in [2.24, 2.45) is 0 Å². The Morgan fingerprint density at radius 2 is 2.29 bits per heavy atom. The van der Waals surface area contributed by atoms with Crippen LogP contribution in [-0.4, -0.2) is 11.7 Å². The second-order valence-electron chi connectivity index (χ2n) is 2.68. The number of rotatable bonds is 4. The normalized spacial score (nSPS) is 9.93. The molecule has 4 heteroatoms. The van der Waals surface area contributed by atoms with Crippen molar-refractivity contribution >= 4 is 27.5 Å². The van der Waals surface area contributed by atoms with Gasteiger partial charge in [0.05, 0.1) is 6.61 Å². The largest absolute Gasteiger partial charge is 0.488 e. The molecule has 1 N–H and O–H groups in total. The number of benzene rings is 1. The molecule has 0 aromatic heterocycles. The molecule has 0 unspecified atom stereocenters. The molecule has 0 saturated carbocycles. The smallest absolute Gasteiger partial charge is 0.126 e. The summed E-state index contributed by atoms with van der Waals surface area (Å²) in [6, 6.07) is 5.24. The van der Waals surface area contributed by atoms with Gasteiger partial charge in [-0.15, -0.1) is 0 Å². The summed E-state index contributed by atoms with van der Waals surface area (Å²) >= 11 is 9.05. The van der Waals surface area contributed by atoms with Gasteiger partial charge in [0, 0.05) is 15.1 Å². The van der Waals surface area contributed by atoms with Crippen molar-refractivity contribution in [3.63, 3.8) is 0 Å². The quantitative estimate of drug-likeness (QED) is 0.916. The topological polar surface area (TPSA) is 29.5 Å². The molecular weight excluding hydrogens is 267 g/mol. The maximum absolute atomic E-state index is 9.07. The Morgan fingerprint density at radius 1 is 1.57 bits per heavy atom. The fourth-order valence-corrected chi connectivity index (χ4v) is 1.32. The first-order valence-electron chi connectivity index (χ1n) is 3.99. The van der Waals surface area contributed by atoms with Crippen LogP contribution in [0.5, 0.6) is 5.75 Å². The maximum atomic E-state index is 9.07. The van der Waals surface area contributed by atoms with Gasteiger partial charge >= 0.3 is 0 Å². The third kappa shape index (κ3) is 3.01. The lowest BCUT2D eigenvalue weighted by atomic mass is 10.2. The van der Waals surface area contributed by atoms with Crippen LogP contribution in [0.2, 0.25) is 5.02 Å². The van der Waals surface area contributed by atoms with Crippen LogP contribution in [0.15, 0.2) is 29.3 Å². The lowest BCUT2D eigenvalue weighted by molar-refractivity contribution is 0.270. The van der Waals surface area contributed by atoms with E-state index in [1.807, 2.05) is 0 Å². The summed E-state index contributed by atoms with van der Waals surface area (Å²) in [4.78, 5) is 0. The molecule has 14 heavy (non-hydrogen) atoms. The van der Waals surface area contributed by atoms with Crippen LogP contribution < -0.4 is 4.74 Å². The molecule has 0 bridgehead atoms. The van der Waals surface area contributed by atoms with E-state index in [2.05, 4.69) is 22.5 Å². The van der Waals surface area contributed by atoms with Gasteiger partial charge in [0.25, 0.3) is 0 Å². The third-order valence-corrected chi connectivity index (χ3v) is 2.20. The molecule has 0 heterocycles. The molecule has 0 aliphatic carbocycles. The van der Waals surface area contributed by atoms with Gasteiger partial charge in [0.1, 0.15) is 12.4 Å². The van der Waals surface area contributed by atoms with Crippen molar-refractivity contribution in [3.8, 4) is 5.75 Å². The lowest BCUT2D eigenvalue weighted by Crippen LogP contribution is -2.00. The summed E-state index contributed by atoms with van der Waals surface area (Å²) in [5, 5.41) is 9.57. The van der Waals surface area contributed by atoms with Crippen molar-refractivity contribution in [3.05, 3.63) is 39.8 Å². The summed E-state index contributed by atoms with van der Waals surface area (Å²) in [5.41, 5.74) is 0.600. The van der Waals surface area contributed by atoms with Crippen LogP contribution in [0, 0.1) is 0 Å². The molecular formula is C10H10BrClO2. The summed E-state index contributed by atoms with van der Waals surface area (Å²) in [6.07, 6.45) is 0. The zero-order valence-electron chi connectivity index (χ0n) is 7.46. The van der Waals surface area contributed by atoms with Crippen molar-refractivity contribution in [1.29, 1.82) is 0 Å². The third-order valence-electron chi connectivity index (χ3n) is 1.62. The SMILES string of the molecule is C=C(Br)COc1cccc(Cl)c1CO. The van der Waals surface area contributed by atoms with Gasteiger partial charge in [0.15, 0.2) is 0 Å². The van der Waals surface area contributed by atoms with Crippen molar-refractivity contribution in [2.45, 2.75) is 6.61 Å². The van der Waals surface area contributed by atoms with Crippen LogP contribution in [0.4, 0.5) is 0 Å². The summed E-state index contributed by atoms with van der Waals surface area (Å²) in [7, 11) is 0. The summed E-state index contributed by atoms with van der Waals surface area (Å²) < 4.78 is 6.12. The first-order valence-corrected chi connectivity index (χ1v) is 5.16. The highest BCUT2D eigenvalue weighted by molar-refractivity contribution is 9.11. The minimum atomic E-state index is -0.135. The predicted molar refractivity (Wildman–Crippen MR) is 60.9 cm³/mol. The number of hydrogen-bond donors (Lipinski definition) is 1. The fraction of sp³-hybridized carbons (Fsp3) is 0.200. The highest BCUT2D eigenvalue weighted by Crippen LogP contribution is 2.26. The first-order chi connectivity index (χ1) is 6.65. The molecule has 0 spiro atoms. The number of hydrogen-bond acceptors (Lipinski definition) is 2. The van der Waals surface area contributed by atoms with Crippen LogP contribution in [0.1, 0.15) is 5.56 Å². The van der Waals surface area contributed by atoms with Gasteiger partial charge in [-0.2, -0.15) is 0 Å². The Morgan fingerprint density at radius 3 is 2.86 bits per heavy atom. The molecule has 0 saturated heterocycles. The zero-order valence-corrected chi connectivity index (χ0v) is 9.81. The number of aliphatic hydroxyl groups excluding tert-OH is 1. The number of ether oxygens (including phenoxy) is 1. The van der Waals surface area contributed by atoms with E-state index >= 15 is 0 Å². The highest BCUT2D eigenvalue weighted by atomic mass is 79.9. The standard InChI is InChI=1S/C10H10BrClO2/c1-7(11)6-14-10-4-2-3-9(12)8(10)5-13/h2-4,13H,1,5-6H2. The minimum Gasteiger partial charge on any atom is -0.488 e. The zero-order chi connectivity index (χ0) is 10.6. The Balaban J connectivity index is 2.85. The van der Waals surface area contributed by atoms with Crippen LogP contribution in [0.25, 0.3) is 0 Å². The minimum absolute atomic E-state index is 0.135. The monoisotopic (exact) mass is 276 g/mol. The van der Waals surface area contributed by atoms with E-state index in [-0.39, 0.29) is 6.61 Å². The van der Waals surface area contributed by atoms with E-state index in [1.54, 1.807) is 18.2 Å². The highest BCUT2D eigenvalue weighted by Gasteiger charge is 2.06. The lowest BCUT2D eigenvalue weighted by Gasteiger charge is -2.10. The Kier molecular flexibility index (Phi) is 4.45. The first kappa shape index (κ1) is 11.6. The number of aliphatic hydroxyl groups is 1. The summed E-state index contributed by atoms with van der Waals surface area (Å²) in [6.45, 7) is 3.86. The van der Waals surface area contributed by atoms with E-state index < -0.39 is 0 Å². The molecule has 0 fully saturated rings. The molecule has 76 valence electrons. The fourth-order valence-electron chi connectivity index (χ4n) is 0.984. The van der Waals surface area contributed by atoms with Gasteiger partial charge < -0.3 is 9.84 Å². The number of halogens is 2. The predicted octanol–water partition coefficient (Wildman–Crippen LogP) is 3.12. The van der Waals surface area contributed by atoms with Crippen LogP contribution in [0.3, 0.4) is 0 Å². The van der Waals surface area contributed by atoms with E-state index in [9.17, 15) is 0 Å². The molecule has 2 nitrogen and oxygen atoms in total. The van der Waals surface area contributed by atoms with Crippen LogP contribution in [-0.2, 0) is 6.61 Å². The molecule has 1 rings (SSSR count). The molecule has 0 amide bonds. The van der Waals surface area contributed by atoms with E-state index in [0.29, 0.717) is 22.9 Å². The Bertz CT molecular complexity index is 339. The van der Waals surface area contributed by atoms with Gasteiger partial charge in [-0.1, -0.05) is 40.2 Å². The second kappa shape index (κ2) is 5.39. The molecule has 1 aromatic carbocycles. The van der Waals surface area contributed by atoms with Gasteiger partial charge in [-0.3, -0.25) is 0 Å². The van der Waals surface area contributed by atoms with Crippen LogP contribution >= 0.6 is 27.5 Å². The average molecular weight is 278 g/mol. The molecule has 0 aliphatic heterocycles. The molecule has 0 atom stereocenters. The molecule has 0 aliphatic rings. The summed E-state index contributed by atoms with van der Waals surface area (Å²) in [5.74, 6) is 0.584. The van der Waals surface area contributed by atoms with E-state index in [4.69, 9.17) is 21.4 Å². The van der Waals surface area contributed by atoms with Crippen molar-refractivity contribution in [2.75, 3.05) is 6.61 Å². The van der Waals surface area contributed by atoms with Crippen molar-refractivity contribution < 1.29 is 9.84 Å². The van der Waals surface area contributed by atoms with E-state index in [1.165, 1.54) is 0 Å². The Hall–Kier alpha value is -0.510.